The lowest BCUT2D eigenvalue weighted by atomic mass is 9.81. The van der Waals surface area contributed by atoms with Gasteiger partial charge in [0, 0.05) is 18.9 Å². The van der Waals surface area contributed by atoms with Gasteiger partial charge in [0.25, 0.3) is 0 Å². The van der Waals surface area contributed by atoms with Gasteiger partial charge in [-0.05, 0) is 31.6 Å². The fourth-order valence-electron chi connectivity index (χ4n) is 2.80. The van der Waals surface area contributed by atoms with Gasteiger partial charge in [-0.15, -0.1) is 0 Å². The van der Waals surface area contributed by atoms with Crippen LogP contribution < -0.4 is 5.32 Å². The number of nitrogens with one attached hydrogen (secondary N) is 1. The summed E-state index contributed by atoms with van der Waals surface area (Å²) in [6.45, 7) is 5.40. The molecule has 1 aliphatic rings. The third kappa shape index (κ3) is 3.69. The number of anilines is 1. The van der Waals surface area contributed by atoms with E-state index in [2.05, 4.69) is 22.2 Å². The number of hydrogen-bond donors (Lipinski definition) is 1. The van der Waals surface area contributed by atoms with Crippen molar-refractivity contribution in [3.63, 3.8) is 0 Å². The molecule has 3 nitrogen and oxygen atoms in total. The van der Waals surface area contributed by atoms with Gasteiger partial charge < -0.3 is 5.32 Å². The van der Waals surface area contributed by atoms with Crippen molar-refractivity contribution in [2.75, 3.05) is 11.9 Å². The van der Waals surface area contributed by atoms with Crippen molar-refractivity contribution < 1.29 is 0 Å². The van der Waals surface area contributed by atoms with Crippen molar-refractivity contribution in [1.29, 1.82) is 0 Å². The minimum absolute atomic E-state index is 0.906. The molecule has 1 N–H and O–H groups in total. The minimum Gasteiger partial charge on any atom is -0.369 e. The maximum atomic E-state index is 4.30. The zero-order chi connectivity index (χ0) is 12.1. The number of nitrogens with zero attached hydrogens (tertiary/aromatic N) is 2. The molecular weight excluding hydrogens is 210 g/mol. The third-order valence-electron chi connectivity index (χ3n) is 3.77. The highest BCUT2D eigenvalue weighted by Gasteiger charge is 2.18. The van der Waals surface area contributed by atoms with Crippen LogP contribution in [0.2, 0.25) is 0 Å². The van der Waals surface area contributed by atoms with Crippen molar-refractivity contribution in [2.24, 2.45) is 11.8 Å². The van der Waals surface area contributed by atoms with Crippen molar-refractivity contribution in [2.45, 2.75) is 46.0 Å². The van der Waals surface area contributed by atoms with Crippen LogP contribution in [0.3, 0.4) is 0 Å². The molecule has 2 rings (SSSR count). The highest BCUT2D eigenvalue weighted by Crippen LogP contribution is 2.30. The van der Waals surface area contributed by atoms with Crippen molar-refractivity contribution in [3.8, 4) is 0 Å². The van der Waals surface area contributed by atoms with E-state index in [-0.39, 0.29) is 0 Å². The molecule has 2 atom stereocenters. The average Bonchev–Trinajstić information content (AvgIpc) is 2.32. The molecule has 0 radical (unpaired) electrons. The van der Waals surface area contributed by atoms with Crippen molar-refractivity contribution in [1.82, 2.24) is 9.97 Å². The van der Waals surface area contributed by atoms with E-state index < -0.39 is 0 Å². The monoisotopic (exact) mass is 233 g/mol. The van der Waals surface area contributed by atoms with E-state index in [0.717, 1.165) is 29.9 Å². The van der Waals surface area contributed by atoms with Gasteiger partial charge in [-0.1, -0.05) is 26.2 Å². The van der Waals surface area contributed by atoms with Crippen molar-refractivity contribution in [3.05, 3.63) is 18.1 Å². The first-order chi connectivity index (χ1) is 8.25. The van der Waals surface area contributed by atoms with Crippen LogP contribution in [0.5, 0.6) is 0 Å². The van der Waals surface area contributed by atoms with E-state index in [0.29, 0.717) is 0 Å². The Morgan fingerprint density at radius 3 is 2.88 bits per heavy atom. The van der Waals surface area contributed by atoms with Gasteiger partial charge in [0.1, 0.15) is 5.82 Å². The van der Waals surface area contributed by atoms with E-state index in [1.807, 2.05) is 6.92 Å². The van der Waals surface area contributed by atoms with Crippen LogP contribution in [0.15, 0.2) is 12.4 Å². The molecular formula is C14H23N3. The van der Waals surface area contributed by atoms with Crippen molar-refractivity contribution >= 4 is 5.82 Å². The molecule has 0 aliphatic heterocycles. The average molecular weight is 233 g/mol. The summed E-state index contributed by atoms with van der Waals surface area (Å²) >= 11 is 0. The first kappa shape index (κ1) is 12.3. The van der Waals surface area contributed by atoms with E-state index in [1.165, 1.54) is 32.1 Å². The summed E-state index contributed by atoms with van der Waals surface area (Å²) in [4.78, 5) is 8.53. The lowest BCUT2D eigenvalue weighted by Crippen LogP contribution is -2.17. The topological polar surface area (TPSA) is 37.8 Å². The van der Waals surface area contributed by atoms with Crippen LogP contribution in [0.25, 0.3) is 0 Å². The normalized spacial score (nSPS) is 24.6. The lowest BCUT2D eigenvalue weighted by Gasteiger charge is -2.26. The van der Waals surface area contributed by atoms with Gasteiger partial charge in [-0.3, -0.25) is 4.98 Å². The standard InChI is InChI=1S/C14H23N3/c1-11-4-3-5-13(10-11)6-7-16-14-12(2)15-8-9-17-14/h8-9,11,13H,3-7,10H2,1-2H3,(H,16,17). The van der Waals surface area contributed by atoms with Gasteiger partial charge in [-0.25, -0.2) is 4.98 Å². The summed E-state index contributed by atoms with van der Waals surface area (Å²) < 4.78 is 0. The molecule has 1 aliphatic carbocycles. The predicted molar refractivity (Wildman–Crippen MR) is 71.0 cm³/mol. The molecule has 0 amide bonds. The zero-order valence-electron chi connectivity index (χ0n) is 10.9. The maximum absolute atomic E-state index is 4.30. The first-order valence-corrected chi connectivity index (χ1v) is 6.77. The predicted octanol–water partition coefficient (Wildman–Crippen LogP) is 3.41. The summed E-state index contributed by atoms with van der Waals surface area (Å²) in [6.07, 6.45) is 10.4. The Labute approximate surface area is 104 Å². The Hall–Kier alpha value is -1.12. The second kappa shape index (κ2) is 5.99. The van der Waals surface area contributed by atoms with E-state index >= 15 is 0 Å². The Morgan fingerprint density at radius 2 is 2.12 bits per heavy atom. The molecule has 1 aromatic heterocycles. The molecule has 0 aromatic carbocycles. The SMILES string of the molecule is Cc1nccnc1NCCC1CCCC(C)C1. The van der Waals surface area contributed by atoms with Crippen LogP contribution in [0, 0.1) is 18.8 Å². The fraction of sp³-hybridized carbons (Fsp3) is 0.714. The molecule has 0 spiro atoms. The van der Waals surface area contributed by atoms with Crippen LogP contribution >= 0.6 is 0 Å². The second-order valence-corrected chi connectivity index (χ2v) is 5.34. The van der Waals surface area contributed by atoms with E-state index in [1.54, 1.807) is 12.4 Å². The molecule has 1 aromatic rings. The minimum atomic E-state index is 0.906. The maximum Gasteiger partial charge on any atom is 0.147 e. The highest BCUT2D eigenvalue weighted by molar-refractivity contribution is 5.37. The van der Waals surface area contributed by atoms with Gasteiger partial charge in [-0.2, -0.15) is 0 Å². The van der Waals surface area contributed by atoms with E-state index in [9.17, 15) is 0 Å². The van der Waals surface area contributed by atoms with Crippen LogP contribution in [-0.4, -0.2) is 16.5 Å². The molecule has 2 unspecified atom stereocenters. The molecule has 17 heavy (non-hydrogen) atoms. The Bertz CT molecular complexity index is 351. The highest BCUT2D eigenvalue weighted by atomic mass is 15.0. The quantitative estimate of drug-likeness (QED) is 0.866. The molecule has 3 heteroatoms. The molecule has 1 heterocycles. The Balaban J connectivity index is 1.74. The number of aromatic nitrogens is 2. The van der Waals surface area contributed by atoms with Gasteiger partial charge in [0.05, 0.1) is 5.69 Å². The van der Waals surface area contributed by atoms with Gasteiger partial charge in [0.2, 0.25) is 0 Å². The molecule has 1 fully saturated rings. The Morgan fingerprint density at radius 1 is 1.29 bits per heavy atom. The molecule has 0 saturated heterocycles. The lowest BCUT2D eigenvalue weighted by molar-refractivity contribution is 0.274. The Kier molecular flexibility index (Phi) is 4.35. The van der Waals surface area contributed by atoms with Gasteiger partial charge in [0.15, 0.2) is 0 Å². The third-order valence-corrected chi connectivity index (χ3v) is 3.77. The van der Waals surface area contributed by atoms with Crippen LogP contribution in [-0.2, 0) is 0 Å². The second-order valence-electron chi connectivity index (χ2n) is 5.34. The zero-order valence-corrected chi connectivity index (χ0v) is 10.9. The largest absolute Gasteiger partial charge is 0.369 e. The summed E-state index contributed by atoms with van der Waals surface area (Å²) in [5, 5.41) is 3.40. The van der Waals surface area contributed by atoms with Gasteiger partial charge >= 0.3 is 0 Å². The number of aryl methyl sites for hydroxylation is 1. The molecule has 94 valence electrons. The smallest absolute Gasteiger partial charge is 0.147 e. The number of hydrogen-bond acceptors (Lipinski definition) is 3. The summed E-state index contributed by atoms with van der Waals surface area (Å²) in [7, 11) is 0. The summed E-state index contributed by atoms with van der Waals surface area (Å²) in [5.41, 5.74) is 0.990. The fourth-order valence-corrected chi connectivity index (χ4v) is 2.80. The van der Waals surface area contributed by atoms with E-state index in [4.69, 9.17) is 0 Å². The summed E-state index contributed by atoms with van der Waals surface area (Å²) in [5.74, 6) is 2.77. The number of rotatable bonds is 4. The van der Waals surface area contributed by atoms with Crippen LogP contribution in [0.1, 0.15) is 44.7 Å². The first-order valence-electron chi connectivity index (χ1n) is 6.77. The molecule has 1 saturated carbocycles. The molecule has 0 bridgehead atoms. The summed E-state index contributed by atoms with van der Waals surface area (Å²) in [6, 6.07) is 0. The van der Waals surface area contributed by atoms with Crippen LogP contribution in [0.4, 0.5) is 5.82 Å².